The number of carbonyl (C=O) groups excluding carboxylic acids is 1. The fraction of sp³-hybridized carbons (Fsp3) is 0.250. The molecule has 3 heterocycles. The number of fused-ring (bicyclic) bond motifs is 2. The predicted molar refractivity (Wildman–Crippen MR) is 78.0 cm³/mol. The molecule has 0 saturated heterocycles. The summed E-state index contributed by atoms with van der Waals surface area (Å²) >= 11 is 1.19. The fourth-order valence-corrected chi connectivity index (χ4v) is 2.90. The molecule has 0 fully saturated rings. The molecule has 9 heteroatoms. The van der Waals surface area contributed by atoms with Crippen LogP contribution in [0.4, 0.5) is 11.4 Å². The highest BCUT2D eigenvalue weighted by molar-refractivity contribution is 7.13. The first-order chi connectivity index (χ1) is 9.90. The van der Waals surface area contributed by atoms with Gasteiger partial charge < -0.3 is 15.0 Å². The van der Waals surface area contributed by atoms with Gasteiger partial charge in [0.1, 0.15) is 4.88 Å². The molecular weight excluding hydrogens is 296 g/mol. The van der Waals surface area contributed by atoms with Crippen LogP contribution < -0.4 is 21.2 Å². The Morgan fingerprint density at radius 3 is 2.71 bits per heavy atom. The minimum Gasteiger partial charge on any atom is -0.445 e. The molecule has 3 rings (SSSR count). The van der Waals surface area contributed by atoms with Gasteiger partial charge in [-0.3, -0.25) is 24.2 Å². The quantitative estimate of drug-likeness (QED) is 0.689. The van der Waals surface area contributed by atoms with Crippen LogP contribution in [0.2, 0.25) is 0 Å². The summed E-state index contributed by atoms with van der Waals surface area (Å²) in [6.45, 7) is 0. The molecule has 0 aromatic carbocycles. The van der Waals surface area contributed by atoms with E-state index in [0.29, 0.717) is 10.6 Å². The Kier molecular flexibility index (Phi) is 2.87. The minimum absolute atomic E-state index is 0.0484. The number of aryl methyl sites for hydroxylation is 1. The summed E-state index contributed by atoms with van der Waals surface area (Å²) < 4.78 is 6.59. The number of aromatic amines is 1. The number of anilines is 2. The van der Waals surface area contributed by atoms with E-state index in [1.807, 2.05) is 0 Å². The van der Waals surface area contributed by atoms with E-state index in [1.54, 1.807) is 19.5 Å². The van der Waals surface area contributed by atoms with Gasteiger partial charge in [-0.2, -0.15) is 0 Å². The lowest BCUT2D eigenvalue weighted by atomic mass is 10.3. The molecule has 1 aliphatic rings. The highest BCUT2D eigenvalue weighted by atomic mass is 32.1. The van der Waals surface area contributed by atoms with Crippen LogP contribution in [0.3, 0.4) is 0 Å². The summed E-state index contributed by atoms with van der Waals surface area (Å²) in [6.07, 6.45) is 0. The van der Waals surface area contributed by atoms with Crippen LogP contribution >= 0.6 is 11.3 Å². The molecule has 0 radical (unpaired) electrons. The summed E-state index contributed by atoms with van der Waals surface area (Å²) in [4.78, 5) is 37.8. The molecule has 0 saturated carbocycles. The van der Waals surface area contributed by atoms with Gasteiger partial charge in [-0.05, 0) is 0 Å². The van der Waals surface area contributed by atoms with E-state index in [0.717, 1.165) is 4.68 Å². The molecular formula is C12H12N4O4S. The Morgan fingerprint density at radius 1 is 1.33 bits per heavy atom. The SMILES string of the molecule is CN(C)C(=O)c1scc2c1Oc1c(c(=O)[nH]n(C)c1=O)N2. The number of thiophene rings is 1. The molecule has 0 aliphatic carbocycles. The van der Waals surface area contributed by atoms with Gasteiger partial charge in [0.05, 0.1) is 5.69 Å². The maximum absolute atomic E-state index is 12.1. The van der Waals surface area contributed by atoms with Crippen LogP contribution in [0.5, 0.6) is 11.5 Å². The molecule has 1 amide bonds. The van der Waals surface area contributed by atoms with E-state index in [9.17, 15) is 14.4 Å². The molecule has 8 nitrogen and oxygen atoms in total. The molecule has 0 unspecified atom stereocenters. The molecule has 1 aliphatic heterocycles. The van der Waals surface area contributed by atoms with Gasteiger partial charge in [0.2, 0.25) is 5.75 Å². The third-order valence-corrected chi connectivity index (χ3v) is 3.98. The average molecular weight is 308 g/mol. The number of rotatable bonds is 1. The van der Waals surface area contributed by atoms with Crippen molar-refractivity contribution in [3.63, 3.8) is 0 Å². The Bertz CT molecular complexity index is 861. The van der Waals surface area contributed by atoms with E-state index in [1.165, 1.54) is 23.3 Å². The van der Waals surface area contributed by atoms with Gasteiger partial charge in [-0.1, -0.05) is 0 Å². The summed E-state index contributed by atoms with van der Waals surface area (Å²) in [5, 5.41) is 6.90. The van der Waals surface area contributed by atoms with Crippen molar-refractivity contribution in [2.24, 2.45) is 7.05 Å². The largest absolute Gasteiger partial charge is 0.445 e. The van der Waals surface area contributed by atoms with E-state index >= 15 is 0 Å². The molecule has 2 aromatic rings. The first kappa shape index (κ1) is 13.4. The molecule has 0 bridgehead atoms. The van der Waals surface area contributed by atoms with Gasteiger partial charge in [-0.15, -0.1) is 11.3 Å². The Labute approximate surface area is 122 Å². The topological polar surface area (TPSA) is 96.4 Å². The van der Waals surface area contributed by atoms with Crippen LogP contribution in [0, 0.1) is 0 Å². The molecule has 2 N–H and O–H groups in total. The first-order valence-electron chi connectivity index (χ1n) is 6.01. The van der Waals surface area contributed by atoms with Gasteiger partial charge in [0, 0.05) is 26.5 Å². The molecule has 2 aromatic heterocycles. The zero-order valence-electron chi connectivity index (χ0n) is 11.5. The van der Waals surface area contributed by atoms with Crippen molar-refractivity contribution >= 4 is 28.6 Å². The van der Waals surface area contributed by atoms with Gasteiger partial charge in [-0.25, -0.2) is 0 Å². The Hall–Kier alpha value is -2.55. The van der Waals surface area contributed by atoms with E-state index in [4.69, 9.17) is 4.74 Å². The Morgan fingerprint density at radius 2 is 2.05 bits per heavy atom. The fourth-order valence-electron chi connectivity index (χ4n) is 1.95. The highest BCUT2D eigenvalue weighted by Gasteiger charge is 2.29. The van der Waals surface area contributed by atoms with Gasteiger partial charge >= 0.3 is 5.56 Å². The van der Waals surface area contributed by atoms with Crippen LogP contribution in [0.1, 0.15) is 9.67 Å². The summed E-state index contributed by atoms with van der Waals surface area (Å²) in [7, 11) is 4.67. The number of ether oxygens (including phenoxy) is 1. The van der Waals surface area contributed by atoms with Crippen molar-refractivity contribution in [1.82, 2.24) is 14.7 Å². The van der Waals surface area contributed by atoms with Crippen LogP contribution in [-0.2, 0) is 7.05 Å². The van der Waals surface area contributed by atoms with Crippen molar-refractivity contribution in [2.75, 3.05) is 19.4 Å². The average Bonchev–Trinajstić information content (AvgIpc) is 2.85. The number of nitrogens with one attached hydrogen (secondary N) is 2. The molecule has 21 heavy (non-hydrogen) atoms. The van der Waals surface area contributed by atoms with Crippen molar-refractivity contribution < 1.29 is 9.53 Å². The third kappa shape index (κ3) is 1.93. The maximum Gasteiger partial charge on any atom is 0.310 e. The third-order valence-electron chi connectivity index (χ3n) is 3.03. The Balaban J connectivity index is 2.16. The minimum atomic E-state index is -0.489. The summed E-state index contributed by atoms with van der Waals surface area (Å²) in [6, 6.07) is 0. The smallest absolute Gasteiger partial charge is 0.310 e. The van der Waals surface area contributed by atoms with Crippen LogP contribution in [0.25, 0.3) is 0 Å². The summed E-state index contributed by atoms with van der Waals surface area (Å²) in [5.74, 6) is -0.0676. The number of H-pyrrole nitrogens is 1. The standard InChI is InChI=1S/C12H12N4O4S/c1-15(2)12(19)9-7-5(4-21-9)13-6-8(20-7)11(18)16(3)14-10(6)17/h4,13H,1-3H3,(H,14,17). The van der Waals surface area contributed by atoms with Crippen molar-refractivity contribution in [2.45, 2.75) is 0 Å². The number of aromatic nitrogens is 2. The van der Waals surface area contributed by atoms with Crippen molar-refractivity contribution in [1.29, 1.82) is 0 Å². The number of amides is 1. The monoisotopic (exact) mass is 308 g/mol. The van der Waals surface area contributed by atoms with Crippen LogP contribution in [0.15, 0.2) is 15.0 Å². The molecule has 110 valence electrons. The number of nitrogens with zero attached hydrogens (tertiary/aromatic N) is 2. The van der Waals surface area contributed by atoms with Gasteiger partial charge in [0.25, 0.3) is 11.5 Å². The van der Waals surface area contributed by atoms with E-state index < -0.39 is 11.1 Å². The molecule has 0 spiro atoms. The first-order valence-corrected chi connectivity index (χ1v) is 6.89. The lowest BCUT2D eigenvalue weighted by Crippen LogP contribution is -2.31. The van der Waals surface area contributed by atoms with Crippen molar-refractivity contribution in [3.05, 3.63) is 31.0 Å². The van der Waals surface area contributed by atoms with E-state index in [2.05, 4.69) is 10.4 Å². The van der Waals surface area contributed by atoms with Gasteiger partial charge in [0.15, 0.2) is 11.4 Å². The van der Waals surface area contributed by atoms with Crippen LogP contribution in [-0.4, -0.2) is 34.7 Å². The second kappa shape index (κ2) is 4.48. The molecule has 0 atom stereocenters. The second-order valence-corrected chi connectivity index (χ2v) is 5.62. The zero-order chi connectivity index (χ0) is 15.3. The zero-order valence-corrected chi connectivity index (χ0v) is 12.3. The van der Waals surface area contributed by atoms with Crippen molar-refractivity contribution in [3.8, 4) is 11.5 Å². The normalized spacial score (nSPS) is 12.0. The summed E-state index contributed by atoms with van der Waals surface area (Å²) in [5.41, 5.74) is -0.412. The lowest BCUT2D eigenvalue weighted by Gasteiger charge is -2.19. The number of hydrogen-bond acceptors (Lipinski definition) is 6. The predicted octanol–water partition coefficient (Wildman–Crippen LogP) is 0.686. The lowest BCUT2D eigenvalue weighted by molar-refractivity contribution is 0.0830. The number of carbonyl (C=O) groups is 1. The maximum atomic E-state index is 12.1. The van der Waals surface area contributed by atoms with E-state index in [-0.39, 0.29) is 23.1 Å². The second-order valence-electron chi connectivity index (χ2n) is 4.74. The number of hydrogen-bond donors (Lipinski definition) is 2. The highest BCUT2D eigenvalue weighted by Crippen LogP contribution is 2.44.